The lowest BCUT2D eigenvalue weighted by atomic mass is 10.1. The number of hydrogen-bond donors (Lipinski definition) is 1. The van der Waals surface area contributed by atoms with E-state index in [2.05, 4.69) is 5.32 Å². The molecule has 0 aliphatic carbocycles. The SMILES string of the molecule is COc1ccccc1[C@@H](C)NC(=O)[C@H]1CCCN1S(=O)(=O)c1ccc(Cl)cc1. The van der Waals surface area contributed by atoms with E-state index in [0.717, 1.165) is 5.56 Å². The van der Waals surface area contributed by atoms with Crippen LogP contribution in [-0.2, 0) is 14.8 Å². The van der Waals surface area contributed by atoms with E-state index in [1.807, 2.05) is 31.2 Å². The van der Waals surface area contributed by atoms with Crippen molar-refractivity contribution in [1.82, 2.24) is 9.62 Å². The smallest absolute Gasteiger partial charge is 0.243 e. The Kier molecular flexibility index (Phi) is 6.27. The molecule has 2 atom stereocenters. The third-order valence-electron chi connectivity index (χ3n) is 4.89. The van der Waals surface area contributed by atoms with Gasteiger partial charge in [0.25, 0.3) is 0 Å². The molecule has 28 heavy (non-hydrogen) atoms. The zero-order valence-electron chi connectivity index (χ0n) is 15.8. The molecule has 0 saturated carbocycles. The maximum atomic E-state index is 13.0. The Balaban J connectivity index is 1.78. The van der Waals surface area contributed by atoms with E-state index >= 15 is 0 Å². The van der Waals surface area contributed by atoms with Crippen LogP contribution < -0.4 is 10.1 Å². The van der Waals surface area contributed by atoms with Crippen molar-refractivity contribution in [3.63, 3.8) is 0 Å². The fourth-order valence-corrected chi connectivity index (χ4v) is 5.23. The minimum absolute atomic E-state index is 0.134. The molecule has 3 rings (SSSR count). The minimum Gasteiger partial charge on any atom is -0.496 e. The quantitative estimate of drug-likeness (QED) is 0.774. The molecule has 0 unspecified atom stereocenters. The summed E-state index contributed by atoms with van der Waals surface area (Å²) in [5.41, 5.74) is 0.837. The highest BCUT2D eigenvalue weighted by Gasteiger charge is 2.39. The number of amides is 1. The predicted octanol–water partition coefficient (Wildman–Crippen LogP) is 3.38. The highest BCUT2D eigenvalue weighted by molar-refractivity contribution is 7.89. The van der Waals surface area contributed by atoms with E-state index in [0.29, 0.717) is 30.2 Å². The van der Waals surface area contributed by atoms with Crippen LogP contribution in [0.1, 0.15) is 31.4 Å². The number of benzene rings is 2. The number of rotatable bonds is 6. The van der Waals surface area contributed by atoms with Gasteiger partial charge >= 0.3 is 0 Å². The maximum Gasteiger partial charge on any atom is 0.243 e. The van der Waals surface area contributed by atoms with Gasteiger partial charge in [-0.05, 0) is 50.1 Å². The number of hydrogen-bond acceptors (Lipinski definition) is 4. The zero-order valence-corrected chi connectivity index (χ0v) is 17.3. The first-order chi connectivity index (χ1) is 13.3. The van der Waals surface area contributed by atoms with Gasteiger partial charge in [-0.25, -0.2) is 8.42 Å². The predicted molar refractivity (Wildman–Crippen MR) is 108 cm³/mol. The molecule has 0 spiro atoms. The molecular formula is C20H23ClN2O4S. The summed E-state index contributed by atoms with van der Waals surface area (Å²) in [4.78, 5) is 13.0. The lowest BCUT2D eigenvalue weighted by molar-refractivity contribution is -0.124. The first-order valence-corrected chi connectivity index (χ1v) is 10.9. The average molecular weight is 423 g/mol. The summed E-state index contributed by atoms with van der Waals surface area (Å²) in [6, 6.07) is 12.4. The van der Waals surface area contributed by atoms with Crippen molar-refractivity contribution in [2.45, 2.75) is 36.7 Å². The highest BCUT2D eigenvalue weighted by atomic mass is 35.5. The Morgan fingerprint density at radius 1 is 1.21 bits per heavy atom. The molecule has 1 amide bonds. The van der Waals surface area contributed by atoms with Gasteiger partial charge in [-0.15, -0.1) is 0 Å². The molecule has 6 nitrogen and oxygen atoms in total. The van der Waals surface area contributed by atoms with E-state index in [-0.39, 0.29) is 16.8 Å². The molecule has 1 N–H and O–H groups in total. The number of ether oxygens (including phenoxy) is 1. The second-order valence-corrected chi connectivity index (χ2v) is 9.03. The molecular weight excluding hydrogens is 400 g/mol. The Bertz CT molecular complexity index is 947. The first-order valence-electron chi connectivity index (χ1n) is 9.05. The highest BCUT2D eigenvalue weighted by Crippen LogP contribution is 2.29. The summed E-state index contributed by atoms with van der Waals surface area (Å²) in [5.74, 6) is 0.362. The summed E-state index contributed by atoms with van der Waals surface area (Å²) in [5, 5.41) is 3.39. The minimum atomic E-state index is -3.77. The lowest BCUT2D eigenvalue weighted by Crippen LogP contribution is -2.46. The molecule has 2 aromatic rings. The van der Waals surface area contributed by atoms with E-state index in [9.17, 15) is 13.2 Å². The summed E-state index contributed by atoms with van der Waals surface area (Å²) in [6.07, 6.45) is 1.12. The van der Waals surface area contributed by atoms with Crippen molar-refractivity contribution >= 4 is 27.5 Å². The Morgan fingerprint density at radius 3 is 2.57 bits per heavy atom. The Hall–Kier alpha value is -2.09. The van der Waals surface area contributed by atoms with Crippen LogP contribution in [0.2, 0.25) is 5.02 Å². The molecule has 1 aliphatic rings. The van der Waals surface area contributed by atoms with Gasteiger partial charge in [-0.1, -0.05) is 29.8 Å². The first kappa shape index (κ1) is 20.6. The zero-order chi connectivity index (χ0) is 20.3. The van der Waals surface area contributed by atoms with E-state index < -0.39 is 16.1 Å². The second-order valence-electron chi connectivity index (χ2n) is 6.70. The van der Waals surface area contributed by atoms with E-state index in [1.54, 1.807) is 7.11 Å². The van der Waals surface area contributed by atoms with Gasteiger partial charge in [0, 0.05) is 17.1 Å². The number of carbonyl (C=O) groups is 1. The van der Waals surface area contributed by atoms with Gasteiger partial charge in [-0.2, -0.15) is 4.31 Å². The van der Waals surface area contributed by atoms with Crippen LogP contribution in [0, 0.1) is 0 Å². The molecule has 0 radical (unpaired) electrons. The average Bonchev–Trinajstić information content (AvgIpc) is 3.19. The molecule has 1 aliphatic heterocycles. The monoisotopic (exact) mass is 422 g/mol. The summed E-state index contributed by atoms with van der Waals surface area (Å²) < 4.78 is 32.6. The number of carbonyl (C=O) groups excluding carboxylic acids is 1. The van der Waals surface area contributed by atoms with Crippen molar-refractivity contribution in [3.8, 4) is 5.75 Å². The molecule has 1 fully saturated rings. The van der Waals surface area contributed by atoms with Gasteiger partial charge in [-0.3, -0.25) is 4.79 Å². The van der Waals surface area contributed by atoms with Gasteiger partial charge in [0.15, 0.2) is 0 Å². The molecule has 8 heteroatoms. The number of sulfonamides is 1. The van der Waals surface area contributed by atoms with Crippen LogP contribution in [0.15, 0.2) is 53.4 Å². The van der Waals surface area contributed by atoms with Crippen molar-refractivity contribution < 1.29 is 17.9 Å². The van der Waals surface area contributed by atoms with Crippen LogP contribution in [0.3, 0.4) is 0 Å². The summed E-state index contributed by atoms with van der Waals surface area (Å²) in [7, 11) is -2.20. The fourth-order valence-electron chi connectivity index (χ4n) is 3.44. The number of para-hydroxylation sites is 1. The number of nitrogens with one attached hydrogen (secondary N) is 1. The largest absolute Gasteiger partial charge is 0.496 e. The van der Waals surface area contributed by atoms with Gasteiger partial charge < -0.3 is 10.1 Å². The van der Waals surface area contributed by atoms with Crippen LogP contribution in [0.25, 0.3) is 0 Å². The van der Waals surface area contributed by atoms with Gasteiger partial charge in [0.1, 0.15) is 11.8 Å². The summed E-state index contributed by atoms with van der Waals surface area (Å²) >= 11 is 5.86. The van der Waals surface area contributed by atoms with Crippen molar-refractivity contribution in [3.05, 3.63) is 59.1 Å². The van der Waals surface area contributed by atoms with E-state index in [4.69, 9.17) is 16.3 Å². The van der Waals surface area contributed by atoms with Crippen LogP contribution in [0.5, 0.6) is 5.75 Å². The van der Waals surface area contributed by atoms with Crippen LogP contribution >= 0.6 is 11.6 Å². The third-order valence-corrected chi connectivity index (χ3v) is 7.07. The van der Waals surface area contributed by atoms with Crippen molar-refractivity contribution in [1.29, 1.82) is 0 Å². The fraction of sp³-hybridized carbons (Fsp3) is 0.350. The standard InChI is InChI=1S/C20H23ClN2O4S/c1-14(17-6-3-4-8-19(17)27-2)22-20(24)18-7-5-13-23(18)28(25,26)16-11-9-15(21)10-12-16/h3-4,6,8-12,14,18H,5,7,13H2,1-2H3,(H,22,24)/t14-,18-/m1/s1. The summed E-state index contributed by atoms with van der Waals surface area (Å²) in [6.45, 7) is 2.16. The molecule has 1 saturated heterocycles. The van der Waals surface area contributed by atoms with Crippen LogP contribution in [-0.4, -0.2) is 38.3 Å². The molecule has 150 valence electrons. The van der Waals surface area contributed by atoms with Crippen LogP contribution in [0.4, 0.5) is 0 Å². The normalized spacial score (nSPS) is 18.6. The molecule has 0 bridgehead atoms. The second kappa shape index (κ2) is 8.51. The maximum absolute atomic E-state index is 13.0. The number of halogens is 1. The van der Waals surface area contributed by atoms with Crippen molar-refractivity contribution in [2.75, 3.05) is 13.7 Å². The Labute approximate surface area is 170 Å². The Morgan fingerprint density at radius 2 is 1.89 bits per heavy atom. The molecule has 0 aromatic heterocycles. The van der Waals surface area contributed by atoms with E-state index in [1.165, 1.54) is 28.6 Å². The number of nitrogens with zero attached hydrogens (tertiary/aromatic N) is 1. The lowest BCUT2D eigenvalue weighted by Gasteiger charge is -2.25. The van der Waals surface area contributed by atoms with Gasteiger partial charge in [0.2, 0.25) is 15.9 Å². The van der Waals surface area contributed by atoms with Crippen molar-refractivity contribution in [2.24, 2.45) is 0 Å². The molecule has 2 aromatic carbocycles. The molecule has 1 heterocycles. The third kappa shape index (κ3) is 4.16. The topological polar surface area (TPSA) is 75.7 Å². The van der Waals surface area contributed by atoms with Gasteiger partial charge in [0.05, 0.1) is 18.0 Å². The number of methoxy groups -OCH3 is 1.